The number of carbonyl (C=O) groups is 2. The van der Waals surface area contributed by atoms with Crippen LogP contribution in [0.4, 0.5) is 10.8 Å². The first-order valence-corrected chi connectivity index (χ1v) is 11.8. The number of esters is 1. The van der Waals surface area contributed by atoms with Gasteiger partial charge in [-0.25, -0.2) is 19.4 Å². The summed E-state index contributed by atoms with van der Waals surface area (Å²) in [5.74, 6) is 0.476. The Balaban J connectivity index is 1.53. The van der Waals surface area contributed by atoms with Gasteiger partial charge in [0, 0.05) is 18.5 Å². The molecule has 0 N–H and O–H groups in total. The van der Waals surface area contributed by atoms with Crippen LogP contribution < -0.4 is 9.64 Å². The number of anilines is 2. The molecule has 0 atom stereocenters. The molecular formula is C25H25N5O4S. The molecule has 9 nitrogen and oxygen atoms in total. The third kappa shape index (κ3) is 5.07. The molecule has 0 saturated heterocycles. The van der Waals surface area contributed by atoms with Crippen LogP contribution in [-0.2, 0) is 16.1 Å². The molecule has 0 unspecified atom stereocenters. The minimum atomic E-state index is -0.501. The second kappa shape index (κ2) is 10.5. The number of benzene rings is 1. The van der Waals surface area contributed by atoms with E-state index in [4.69, 9.17) is 9.47 Å². The van der Waals surface area contributed by atoms with Gasteiger partial charge < -0.3 is 9.47 Å². The molecule has 0 aliphatic carbocycles. The van der Waals surface area contributed by atoms with E-state index < -0.39 is 5.97 Å². The Morgan fingerprint density at radius 1 is 1.14 bits per heavy atom. The average molecular weight is 492 g/mol. The summed E-state index contributed by atoms with van der Waals surface area (Å²) < 4.78 is 12.6. The van der Waals surface area contributed by atoms with Crippen molar-refractivity contribution in [2.45, 2.75) is 33.3 Å². The molecule has 0 bridgehead atoms. The summed E-state index contributed by atoms with van der Waals surface area (Å²) in [4.78, 5) is 35.7. The van der Waals surface area contributed by atoms with Crippen molar-refractivity contribution < 1.29 is 19.1 Å². The van der Waals surface area contributed by atoms with E-state index in [9.17, 15) is 9.59 Å². The van der Waals surface area contributed by atoms with Gasteiger partial charge in [0.1, 0.15) is 17.9 Å². The molecule has 4 aromatic rings. The normalized spacial score (nSPS) is 10.9. The monoisotopic (exact) mass is 491 g/mol. The quantitative estimate of drug-likeness (QED) is 0.323. The third-order valence-corrected chi connectivity index (χ3v) is 6.04. The Morgan fingerprint density at radius 2 is 1.91 bits per heavy atom. The van der Waals surface area contributed by atoms with Gasteiger partial charge in [-0.3, -0.25) is 9.69 Å². The maximum atomic E-state index is 12.9. The van der Waals surface area contributed by atoms with Gasteiger partial charge in [0.15, 0.2) is 10.9 Å². The van der Waals surface area contributed by atoms with Crippen LogP contribution in [0.5, 0.6) is 5.75 Å². The molecule has 1 amide bonds. The van der Waals surface area contributed by atoms with Gasteiger partial charge in [-0.2, -0.15) is 5.10 Å². The second-order valence-corrected chi connectivity index (χ2v) is 8.76. The van der Waals surface area contributed by atoms with Gasteiger partial charge in [-0.15, -0.1) is 11.3 Å². The van der Waals surface area contributed by atoms with Crippen molar-refractivity contribution in [2.75, 3.05) is 12.0 Å². The van der Waals surface area contributed by atoms with Gasteiger partial charge >= 0.3 is 5.97 Å². The van der Waals surface area contributed by atoms with E-state index in [1.165, 1.54) is 29.4 Å². The summed E-state index contributed by atoms with van der Waals surface area (Å²) in [6, 6.07) is 12.7. The number of thiazole rings is 1. The number of pyridine rings is 1. The first-order valence-electron chi connectivity index (χ1n) is 10.9. The molecule has 35 heavy (non-hydrogen) atoms. The maximum absolute atomic E-state index is 12.9. The van der Waals surface area contributed by atoms with E-state index in [0.717, 1.165) is 0 Å². The van der Waals surface area contributed by atoms with Crippen LogP contribution in [0.15, 0.2) is 60.2 Å². The lowest BCUT2D eigenvalue weighted by Crippen LogP contribution is -2.23. The summed E-state index contributed by atoms with van der Waals surface area (Å²) in [6.07, 6.45) is 3.17. The van der Waals surface area contributed by atoms with Crippen LogP contribution in [0.25, 0.3) is 5.82 Å². The van der Waals surface area contributed by atoms with E-state index >= 15 is 0 Å². The van der Waals surface area contributed by atoms with Gasteiger partial charge in [-0.05, 0) is 30.2 Å². The average Bonchev–Trinajstić information content (AvgIpc) is 3.51. The molecule has 4 rings (SSSR count). The van der Waals surface area contributed by atoms with Crippen molar-refractivity contribution in [3.8, 4) is 11.6 Å². The van der Waals surface area contributed by atoms with Gasteiger partial charge in [-0.1, -0.05) is 32.0 Å². The molecule has 1 aromatic carbocycles. The molecule has 0 aliphatic rings. The van der Waals surface area contributed by atoms with Crippen LogP contribution in [0.2, 0.25) is 0 Å². The van der Waals surface area contributed by atoms with Crippen LogP contribution in [0.1, 0.15) is 48.4 Å². The summed E-state index contributed by atoms with van der Waals surface area (Å²) in [7, 11) is 1.55. The Hall–Kier alpha value is -4.05. The number of hydrogen-bond donors (Lipinski definition) is 0. The van der Waals surface area contributed by atoms with E-state index in [0.29, 0.717) is 39.3 Å². The van der Waals surface area contributed by atoms with Crippen molar-refractivity contribution >= 4 is 34.0 Å². The molecular weight excluding hydrogens is 466 g/mol. The van der Waals surface area contributed by atoms with E-state index in [1.54, 1.807) is 35.5 Å². The van der Waals surface area contributed by atoms with E-state index in [1.807, 2.05) is 44.2 Å². The van der Waals surface area contributed by atoms with Crippen molar-refractivity contribution in [1.82, 2.24) is 19.7 Å². The zero-order valence-corrected chi connectivity index (χ0v) is 20.7. The molecule has 10 heteroatoms. The molecule has 3 heterocycles. The highest BCUT2D eigenvalue weighted by atomic mass is 32.1. The van der Waals surface area contributed by atoms with E-state index in [2.05, 4.69) is 15.1 Å². The van der Waals surface area contributed by atoms with Crippen molar-refractivity contribution in [3.63, 3.8) is 0 Å². The highest BCUT2D eigenvalue weighted by Crippen LogP contribution is 2.35. The van der Waals surface area contributed by atoms with Crippen molar-refractivity contribution in [1.29, 1.82) is 0 Å². The number of methoxy groups -OCH3 is 1. The van der Waals surface area contributed by atoms with Gasteiger partial charge in [0.25, 0.3) is 0 Å². The highest BCUT2D eigenvalue weighted by molar-refractivity contribution is 7.14. The van der Waals surface area contributed by atoms with Crippen molar-refractivity contribution in [3.05, 3.63) is 77.2 Å². The lowest BCUT2D eigenvalue weighted by atomic mass is 10.1. The Kier molecular flexibility index (Phi) is 7.21. The number of nitrogens with zero attached hydrogens (tertiary/aromatic N) is 5. The zero-order valence-electron chi connectivity index (χ0n) is 19.8. The van der Waals surface area contributed by atoms with Crippen molar-refractivity contribution in [2.24, 2.45) is 0 Å². The number of carbonyl (C=O) groups excluding carboxylic acids is 2. The number of para-hydroxylation sites is 2. The largest absolute Gasteiger partial charge is 0.495 e. The fourth-order valence-corrected chi connectivity index (χ4v) is 4.50. The SMILES string of the molecule is COc1ccccc1N(C(C)=O)c1nc(COC(=O)c2cnn(-c3ccccn3)c2C(C)C)cs1. The number of hydrogen-bond acceptors (Lipinski definition) is 8. The smallest absolute Gasteiger partial charge is 0.342 e. The standard InChI is InChI=1S/C25H25N5O4S/c1-16(2)23-19(13-27-30(23)22-11-7-8-12-26-22)24(32)34-14-18-15-35-25(28-18)29(17(3)31)20-9-5-6-10-21(20)33-4/h5-13,15-16H,14H2,1-4H3. The third-order valence-electron chi connectivity index (χ3n) is 5.16. The topological polar surface area (TPSA) is 99.4 Å². The molecule has 0 saturated carbocycles. The number of amides is 1. The molecule has 0 radical (unpaired) electrons. The highest BCUT2D eigenvalue weighted by Gasteiger charge is 2.24. The number of ether oxygens (including phenoxy) is 2. The van der Waals surface area contributed by atoms with Crippen LogP contribution >= 0.6 is 11.3 Å². The minimum Gasteiger partial charge on any atom is -0.495 e. The fourth-order valence-electron chi connectivity index (χ4n) is 3.64. The lowest BCUT2D eigenvalue weighted by Gasteiger charge is -2.20. The number of aromatic nitrogens is 4. The molecule has 0 aliphatic heterocycles. The summed E-state index contributed by atoms with van der Waals surface area (Å²) in [5.41, 5.74) is 2.21. The van der Waals surface area contributed by atoms with Gasteiger partial charge in [0.2, 0.25) is 5.91 Å². The summed E-state index contributed by atoms with van der Waals surface area (Å²) >= 11 is 1.28. The number of rotatable bonds is 8. The summed E-state index contributed by atoms with van der Waals surface area (Å²) in [5, 5.41) is 6.58. The predicted octanol–water partition coefficient (Wildman–Crippen LogP) is 4.90. The molecule has 3 aromatic heterocycles. The molecule has 180 valence electrons. The maximum Gasteiger partial charge on any atom is 0.342 e. The Bertz CT molecular complexity index is 1330. The Labute approximate surface area is 207 Å². The fraction of sp³-hybridized carbons (Fsp3) is 0.240. The first-order chi connectivity index (χ1) is 16.9. The van der Waals surface area contributed by atoms with Gasteiger partial charge in [0.05, 0.1) is 30.4 Å². The zero-order chi connectivity index (χ0) is 24.9. The van der Waals surface area contributed by atoms with Crippen LogP contribution in [0, 0.1) is 0 Å². The first kappa shape index (κ1) is 24.1. The van der Waals surface area contributed by atoms with Crippen LogP contribution in [0.3, 0.4) is 0 Å². The lowest BCUT2D eigenvalue weighted by molar-refractivity contribution is -0.115. The second-order valence-electron chi connectivity index (χ2n) is 7.92. The summed E-state index contributed by atoms with van der Waals surface area (Å²) in [6.45, 7) is 5.38. The minimum absolute atomic E-state index is 0.0120. The molecule has 0 fully saturated rings. The molecule has 0 spiro atoms. The van der Waals surface area contributed by atoms with E-state index in [-0.39, 0.29) is 18.4 Å². The Morgan fingerprint density at radius 3 is 2.60 bits per heavy atom. The predicted molar refractivity (Wildman–Crippen MR) is 132 cm³/mol. The van der Waals surface area contributed by atoms with Crippen LogP contribution in [-0.4, -0.2) is 38.7 Å².